The van der Waals surface area contributed by atoms with E-state index in [0.717, 1.165) is 22.3 Å². The van der Waals surface area contributed by atoms with Crippen LogP contribution < -0.4 is 25.2 Å². The number of nitrogens with zero attached hydrogens (tertiary/aromatic N) is 5. The Hall–Kier alpha value is -4.52. The number of likely N-dealkylation sites (N-methyl/N-ethyl adjacent to an activating group) is 1. The van der Waals surface area contributed by atoms with E-state index in [0.29, 0.717) is 59.5 Å². The summed E-state index contributed by atoms with van der Waals surface area (Å²) in [5.74, 6) is 0.0478. The number of ether oxygens (including phenoxy) is 1. The second kappa shape index (κ2) is 19.5. The number of pyridine rings is 2. The number of urea groups is 1. The topological polar surface area (TPSA) is 120 Å². The molecule has 0 unspecified atom stereocenters. The van der Waals surface area contributed by atoms with Gasteiger partial charge in [-0.3, -0.25) is 14.6 Å². The van der Waals surface area contributed by atoms with Crippen LogP contribution in [-0.4, -0.2) is 72.5 Å². The van der Waals surface area contributed by atoms with Crippen LogP contribution in [0.4, 0.5) is 21.9 Å². The first-order valence-electron chi connectivity index (χ1n) is 16.0. The van der Waals surface area contributed by atoms with Gasteiger partial charge in [0.2, 0.25) is 5.91 Å². The van der Waals surface area contributed by atoms with Crippen molar-refractivity contribution >= 4 is 106 Å². The summed E-state index contributed by atoms with van der Waals surface area (Å²) in [4.78, 5) is 53.2. The number of piperazine rings is 1. The number of rotatable bonds is 9. The number of anilines is 3. The summed E-state index contributed by atoms with van der Waals surface area (Å²) in [6.45, 7) is 4.20. The van der Waals surface area contributed by atoms with Crippen LogP contribution in [0.3, 0.4) is 0 Å². The maximum Gasteiger partial charge on any atom is 0.319 e. The predicted molar refractivity (Wildman–Crippen MR) is 218 cm³/mol. The van der Waals surface area contributed by atoms with Crippen LogP contribution in [0, 0.1) is 6.92 Å². The van der Waals surface area contributed by atoms with Crippen molar-refractivity contribution in [3.05, 3.63) is 118 Å². The lowest BCUT2D eigenvalue weighted by Gasteiger charge is -2.36. The van der Waals surface area contributed by atoms with Crippen molar-refractivity contribution in [2.75, 3.05) is 54.9 Å². The third-order valence-electron chi connectivity index (χ3n) is 8.46. The minimum Gasteiger partial charge on any atom is -0.487 e. The molecular weight excluding hydrogens is 784 g/mol. The first-order valence-corrected chi connectivity index (χ1v) is 16.8. The molecule has 0 saturated carbocycles. The summed E-state index contributed by atoms with van der Waals surface area (Å²) < 4.78 is 6.10. The summed E-state index contributed by atoms with van der Waals surface area (Å²) in [5.41, 5.74) is 4.45. The minimum absolute atomic E-state index is 0. The molecule has 1 aliphatic rings. The molecule has 0 radical (unpaired) electrons. The Morgan fingerprint density at radius 2 is 1.60 bits per heavy atom. The monoisotopic (exact) mass is 819 g/mol. The Morgan fingerprint density at radius 3 is 2.34 bits per heavy atom. The second-order valence-electron chi connectivity index (χ2n) is 11.8. The largest absolute Gasteiger partial charge is 0.487 e. The van der Waals surface area contributed by atoms with Gasteiger partial charge in [-0.2, -0.15) is 0 Å². The van der Waals surface area contributed by atoms with E-state index in [1.54, 1.807) is 60.7 Å². The van der Waals surface area contributed by atoms with Gasteiger partial charge >= 0.3 is 6.03 Å². The molecular formula is C37H38Cl5N7O4. The molecule has 3 heterocycles. The zero-order valence-corrected chi connectivity index (χ0v) is 32.7. The van der Waals surface area contributed by atoms with Crippen LogP contribution in [0.25, 0.3) is 10.9 Å². The number of carbonyl (C=O) groups is 3. The van der Waals surface area contributed by atoms with Gasteiger partial charge in [0.05, 0.1) is 17.3 Å². The van der Waals surface area contributed by atoms with Crippen LogP contribution in [-0.2, 0) is 11.4 Å². The van der Waals surface area contributed by atoms with Crippen molar-refractivity contribution in [3.63, 3.8) is 0 Å². The lowest BCUT2D eigenvalue weighted by molar-refractivity contribution is -0.117. The lowest BCUT2D eigenvalue weighted by atomic mass is 10.1. The molecule has 6 rings (SSSR count). The lowest BCUT2D eigenvalue weighted by Crippen LogP contribution is -2.48. The highest BCUT2D eigenvalue weighted by Crippen LogP contribution is 2.35. The molecule has 16 heteroatoms. The normalized spacial score (nSPS) is 12.1. The number of hydrogen-bond acceptors (Lipinski definition) is 7. The van der Waals surface area contributed by atoms with Gasteiger partial charge in [-0.05, 0) is 61.5 Å². The molecule has 4 amide bonds. The molecule has 2 N–H and O–H groups in total. The summed E-state index contributed by atoms with van der Waals surface area (Å²) in [6, 6.07) is 22.9. The van der Waals surface area contributed by atoms with Crippen LogP contribution in [0.15, 0.2) is 91.3 Å². The highest BCUT2D eigenvalue weighted by atomic mass is 35.5. The Morgan fingerprint density at radius 1 is 0.887 bits per heavy atom. The number of aryl methyl sites for hydroxylation is 1. The third-order valence-corrected chi connectivity index (χ3v) is 9.23. The van der Waals surface area contributed by atoms with E-state index in [-0.39, 0.29) is 61.3 Å². The summed E-state index contributed by atoms with van der Waals surface area (Å²) in [7, 11) is 1.56. The Balaban J connectivity index is 0.00000252. The molecule has 0 spiro atoms. The molecule has 0 atom stereocenters. The molecule has 280 valence electrons. The molecule has 3 aromatic carbocycles. The molecule has 0 bridgehead atoms. The fourth-order valence-electron chi connectivity index (χ4n) is 5.68. The number of aromatic nitrogens is 2. The minimum atomic E-state index is -0.599. The number of benzene rings is 3. The number of fused-ring (bicyclic) bond motifs is 1. The van der Waals surface area contributed by atoms with Gasteiger partial charge < -0.3 is 30.1 Å². The smallest absolute Gasteiger partial charge is 0.319 e. The maximum atomic E-state index is 13.2. The van der Waals surface area contributed by atoms with Crippen molar-refractivity contribution in [2.45, 2.75) is 13.5 Å². The Labute approximate surface area is 336 Å². The number of para-hydroxylation sites is 1. The maximum absolute atomic E-state index is 13.2. The van der Waals surface area contributed by atoms with Gasteiger partial charge in [0, 0.05) is 84.2 Å². The fourth-order valence-corrected chi connectivity index (χ4v) is 6.29. The van der Waals surface area contributed by atoms with E-state index >= 15 is 0 Å². The number of carbonyl (C=O) groups excluding carboxylic acids is 3. The molecule has 1 saturated heterocycles. The summed E-state index contributed by atoms with van der Waals surface area (Å²) in [5, 5.41) is 6.86. The van der Waals surface area contributed by atoms with Crippen molar-refractivity contribution in [1.82, 2.24) is 20.2 Å². The van der Waals surface area contributed by atoms with Crippen molar-refractivity contribution in [1.29, 1.82) is 0 Å². The van der Waals surface area contributed by atoms with E-state index in [1.165, 1.54) is 4.90 Å². The Kier molecular flexibility index (Phi) is 15.8. The highest BCUT2D eigenvalue weighted by Gasteiger charge is 2.23. The average Bonchev–Trinajstić information content (AvgIpc) is 3.14. The first kappa shape index (κ1) is 42.9. The van der Waals surface area contributed by atoms with Gasteiger partial charge in [0.25, 0.3) is 5.91 Å². The molecule has 5 aromatic rings. The quantitative estimate of drug-likeness (QED) is 0.156. The third kappa shape index (κ3) is 10.3. The van der Waals surface area contributed by atoms with Crippen LogP contribution in [0.5, 0.6) is 5.75 Å². The summed E-state index contributed by atoms with van der Waals surface area (Å²) >= 11 is 13.3. The van der Waals surface area contributed by atoms with E-state index < -0.39 is 11.9 Å². The molecule has 2 aromatic heterocycles. The fraction of sp³-hybridized carbons (Fsp3) is 0.216. The molecule has 11 nitrogen and oxygen atoms in total. The van der Waals surface area contributed by atoms with Gasteiger partial charge in [0.1, 0.15) is 17.9 Å². The number of nitrogens with one attached hydrogen (secondary N) is 2. The van der Waals surface area contributed by atoms with Gasteiger partial charge in [0.15, 0.2) is 0 Å². The predicted octanol–water partition coefficient (Wildman–Crippen LogP) is 7.84. The summed E-state index contributed by atoms with van der Waals surface area (Å²) in [6.07, 6.45) is 3.51. The molecule has 1 fully saturated rings. The first-order chi connectivity index (χ1) is 24.2. The average molecular weight is 822 g/mol. The van der Waals surface area contributed by atoms with E-state index in [1.807, 2.05) is 49.4 Å². The van der Waals surface area contributed by atoms with Crippen molar-refractivity contribution < 1.29 is 19.1 Å². The molecule has 0 aliphatic carbocycles. The van der Waals surface area contributed by atoms with Crippen LogP contribution >= 0.6 is 60.4 Å². The van der Waals surface area contributed by atoms with E-state index in [4.69, 9.17) is 27.9 Å². The van der Waals surface area contributed by atoms with E-state index in [9.17, 15) is 14.4 Å². The van der Waals surface area contributed by atoms with E-state index in [2.05, 4.69) is 25.5 Å². The van der Waals surface area contributed by atoms with Crippen molar-refractivity contribution in [3.8, 4) is 5.75 Å². The number of amides is 4. The number of halogens is 5. The zero-order valence-electron chi connectivity index (χ0n) is 28.8. The van der Waals surface area contributed by atoms with Gasteiger partial charge in [-0.1, -0.05) is 47.5 Å². The SMILES string of the molecule is Cc1ccc2cccc(OCc3c(Cl)ccc(N(C)C(=O)CNC(=O)Nc4cccc(C(=O)N5CCN(c6ccncc6)CC5)c4)c3Cl)c2n1.Cl.Cl.Cl. The highest BCUT2D eigenvalue weighted by molar-refractivity contribution is 6.38. The standard InChI is InChI=1S/C37H35Cl2N7O4.3ClH/c1-24-9-10-25-5-4-8-32(35(25)42-24)50-23-29-30(38)11-12-31(34(29)39)44(2)33(47)22-41-37(49)43-27-7-3-6-26(21-27)36(48)46-19-17-45(18-20-46)28-13-15-40-16-14-28;;;/h3-16,21H,17-20,22-23H2,1-2H3,(H2,41,43,49);3*1H. The molecule has 53 heavy (non-hydrogen) atoms. The van der Waals surface area contributed by atoms with Crippen LogP contribution in [0.2, 0.25) is 10.0 Å². The van der Waals surface area contributed by atoms with Crippen LogP contribution in [0.1, 0.15) is 21.6 Å². The zero-order chi connectivity index (χ0) is 35.2. The van der Waals surface area contributed by atoms with Gasteiger partial charge in [-0.15, -0.1) is 37.2 Å². The van der Waals surface area contributed by atoms with Crippen molar-refractivity contribution in [2.24, 2.45) is 0 Å². The molecule has 1 aliphatic heterocycles. The Bertz CT molecular complexity index is 2050. The van der Waals surface area contributed by atoms with Gasteiger partial charge in [-0.25, -0.2) is 9.78 Å². The second-order valence-corrected chi connectivity index (χ2v) is 12.5. The number of hydrogen-bond donors (Lipinski definition) is 2.